The van der Waals surface area contributed by atoms with Crippen molar-refractivity contribution in [3.63, 3.8) is 0 Å². The summed E-state index contributed by atoms with van der Waals surface area (Å²) >= 11 is 6.70. The summed E-state index contributed by atoms with van der Waals surface area (Å²) in [6.07, 6.45) is 1.90. The fourth-order valence-electron chi connectivity index (χ4n) is 1.80. The van der Waals surface area contributed by atoms with E-state index in [9.17, 15) is 9.59 Å². The zero-order valence-corrected chi connectivity index (χ0v) is 15.5. The molecule has 4 nitrogen and oxygen atoms in total. The zero-order chi connectivity index (χ0) is 16.0. The number of hydrogen-bond donors (Lipinski definition) is 1. The van der Waals surface area contributed by atoms with E-state index in [1.807, 2.05) is 13.8 Å². The van der Waals surface area contributed by atoms with Crippen LogP contribution in [-0.4, -0.2) is 24.3 Å². The monoisotopic (exact) mass is 419 g/mol. The molecule has 0 saturated carbocycles. The van der Waals surface area contributed by atoms with Gasteiger partial charge in [-0.25, -0.2) is 0 Å². The Morgan fingerprint density at radius 1 is 1.29 bits per heavy atom. The molecule has 1 aromatic rings. The maximum absolute atomic E-state index is 12.1. The fraction of sp³-hybridized carbons (Fsp3) is 0.467. The van der Waals surface area contributed by atoms with Crippen molar-refractivity contribution in [3.8, 4) is 5.75 Å². The second kappa shape index (κ2) is 8.54. The molecule has 0 aliphatic heterocycles. The molecular formula is C15H19Br2NO3. The number of halogens is 2. The lowest BCUT2D eigenvalue weighted by molar-refractivity contribution is -0.128. The van der Waals surface area contributed by atoms with E-state index in [1.165, 1.54) is 0 Å². The van der Waals surface area contributed by atoms with E-state index in [0.29, 0.717) is 20.3 Å². The maximum Gasteiger partial charge on any atom is 0.260 e. The molecule has 1 rings (SSSR count). The first kappa shape index (κ1) is 18.2. The van der Waals surface area contributed by atoms with Crippen molar-refractivity contribution in [3.05, 3.63) is 26.6 Å². The molecule has 0 spiro atoms. The van der Waals surface area contributed by atoms with Crippen LogP contribution in [-0.2, 0) is 4.79 Å². The minimum Gasteiger partial charge on any atom is -0.479 e. The highest BCUT2D eigenvalue weighted by atomic mass is 79.9. The number of aldehydes is 1. The summed E-state index contributed by atoms with van der Waals surface area (Å²) in [4.78, 5) is 22.9. The number of hydrogen-bond acceptors (Lipinski definition) is 3. The first-order valence-electron chi connectivity index (χ1n) is 6.84. The van der Waals surface area contributed by atoms with Crippen molar-refractivity contribution in [1.29, 1.82) is 0 Å². The van der Waals surface area contributed by atoms with Gasteiger partial charge in [0.1, 0.15) is 12.0 Å². The third-order valence-corrected chi connectivity index (χ3v) is 4.33. The number of rotatable bonds is 7. The molecule has 0 bridgehead atoms. The Morgan fingerprint density at radius 3 is 2.24 bits per heavy atom. The summed E-state index contributed by atoms with van der Waals surface area (Å²) in [7, 11) is 0. The summed E-state index contributed by atoms with van der Waals surface area (Å²) < 4.78 is 6.96. The van der Waals surface area contributed by atoms with Crippen molar-refractivity contribution in [2.75, 3.05) is 0 Å². The summed E-state index contributed by atoms with van der Waals surface area (Å²) in [5.74, 6) is 0.356. The number of amides is 1. The normalized spacial score (nSPS) is 12.1. The first-order valence-corrected chi connectivity index (χ1v) is 8.42. The molecule has 0 fully saturated rings. The van der Waals surface area contributed by atoms with Crippen molar-refractivity contribution in [2.45, 2.75) is 45.8 Å². The highest BCUT2D eigenvalue weighted by molar-refractivity contribution is 9.11. The Hall–Kier alpha value is -0.880. The maximum atomic E-state index is 12.1. The summed E-state index contributed by atoms with van der Waals surface area (Å²) in [6.45, 7) is 5.76. The highest BCUT2D eigenvalue weighted by Crippen LogP contribution is 2.35. The van der Waals surface area contributed by atoms with Crippen LogP contribution in [0.5, 0.6) is 5.75 Å². The molecular weight excluding hydrogens is 402 g/mol. The average Bonchev–Trinajstić information content (AvgIpc) is 2.47. The van der Waals surface area contributed by atoms with Crippen LogP contribution >= 0.6 is 31.9 Å². The van der Waals surface area contributed by atoms with Gasteiger partial charge in [-0.3, -0.25) is 9.59 Å². The van der Waals surface area contributed by atoms with Crippen LogP contribution in [0.25, 0.3) is 0 Å². The van der Waals surface area contributed by atoms with Gasteiger partial charge < -0.3 is 10.1 Å². The van der Waals surface area contributed by atoms with Gasteiger partial charge in [0.25, 0.3) is 5.91 Å². The van der Waals surface area contributed by atoms with Crippen LogP contribution in [0.15, 0.2) is 21.1 Å². The fourth-order valence-corrected chi connectivity index (χ4v) is 3.21. The molecule has 1 aromatic carbocycles. The van der Waals surface area contributed by atoms with E-state index in [1.54, 1.807) is 19.1 Å². The van der Waals surface area contributed by atoms with E-state index in [-0.39, 0.29) is 11.9 Å². The molecule has 6 heteroatoms. The SMILES string of the molecule is CCC(CC)NC(=O)C(C)Oc1c(Br)cc(C=O)cc1Br. The molecule has 1 unspecified atom stereocenters. The van der Waals surface area contributed by atoms with Gasteiger partial charge in [-0.1, -0.05) is 13.8 Å². The van der Waals surface area contributed by atoms with Gasteiger partial charge in [-0.15, -0.1) is 0 Å². The second-order valence-electron chi connectivity index (χ2n) is 4.71. The predicted molar refractivity (Wildman–Crippen MR) is 89.8 cm³/mol. The van der Waals surface area contributed by atoms with Gasteiger partial charge in [-0.2, -0.15) is 0 Å². The lowest BCUT2D eigenvalue weighted by Crippen LogP contribution is -2.42. The Bertz CT molecular complexity index is 493. The van der Waals surface area contributed by atoms with Crippen LogP contribution in [0.4, 0.5) is 0 Å². The number of ether oxygens (including phenoxy) is 1. The molecule has 0 saturated heterocycles. The second-order valence-corrected chi connectivity index (χ2v) is 6.42. The van der Waals surface area contributed by atoms with Gasteiger partial charge in [0.15, 0.2) is 6.10 Å². The van der Waals surface area contributed by atoms with E-state index < -0.39 is 6.10 Å². The minimum absolute atomic E-state index is 0.151. The van der Waals surface area contributed by atoms with E-state index in [4.69, 9.17) is 4.74 Å². The predicted octanol–water partition coefficient (Wildman–Crippen LogP) is 4.10. The number of carbonyl (C=O) groups is 2. The molecule has 1 N–H and O–H groups in total. The molecule has 1 atom stereocenters. The van der Waals surface area contributed by atoms with Crippen molar-refractivity contribution < 1.29 is 14.3 Å². The Balaban J connectivity index is 2.81. The Kier molecular flexibility index (Phi) is 7.39. The molecule has 116 valence electrons. The Morgan fingerprint density at radius 2 is 1.81 bits per heavy atom. The van der Waals surface area contributed by atoms with E-state index >= 15 is 0 Å². The molecule has 0 heterocycles. The topological polar surface area (TPSA) is 55.4 Å². The van der Waals surface area contributed by atoms with Gasteiger partial charge in [0.05, 0.1) is 8.95 Å². The van der Waals surface area contributed by atoms with E-state index in [0.717, 1.165) is 19.1 Å². The van der Waals surface area contributed by atoms with Crippen LogP contribution in [0.3, 0.4) is 0 Å². The summed E-state index contributed by atoms with van der Waals surface area (Å²) in [5.41, 5.74) is 0.523. The molecule has 0 radical (unpaired) electrons. The van der Waals surface area contributed by atoms with Gasteiger partial charge >= 0.3 is 0 Å². The molecule has 1 amide bonds. The summed E-state index contributed by atoms with van der Waals surface area (Å²) in [6, 6.07) is 3.46. The third kappa shape index (κ3) is 5.11. The van der Waals surface area contributed by atoms with Crippen LogP contribution < -0.4 is 10.1 Å². The molecule has 21 heavy (non-hydrogen) atoms. The van der Waals surface area contributed by atoms with Gasteiger partial charge in [-0.05, 0) is 63.8 Å². The number of benzene rings is 1. The lowest BCUT2D eigenvalue weighted by Gasteiger charge is -2.20. The smallest absolute Gasteiger partial charge is 0.260 e. The number of carbonyl (C=O) groups excluding carboxylic acids is 2. The zero-order valence-electron chi connectivity index (χ0n) is 12.3. The van der Waals surface area contributed by atoms with Crippen molar-refractivity contribution in [2.24, 2.45) is 0 Å². The van der Waals surface area contributed by atoms with Gasteiger partial charge in [0.2, 0.25) is 0 Å². The van der Waals surface area contributed by atoms with Crippen LogP contribution in [0, 0.1) is 0 Å². The van der Waals surface area contributed by atoms with E-state index in [2.05, 4.69) is 37.2 Å². The molecule has 0 aliphatic rings. The standard InChI is InChI=1S/C15H19Br2NO3/c1-4-11(5-2)18-15(20)9(3)21-14-12(16)6-10(8-19)7-13(14)17/h6-9,11H,4-5H2,1-3H3,(H,18,20). The summed E-state index contributed by atoms with van der Waals surface area (Å²) in [5, 5.41) is 2.95. The van der Waals surface area contributed by atoms with Crippen LogP contribution in [0.2, 0.25) is 0 Å². The highest BCUT2D eigenvalue weighted by Gasteiger charge is 2.20. The van der Waals surface area contributed by atoms with Crippen molar-refractivity contribution in [1.82, 2.24) is 5.32 Å². The molecule has 0 aromatic heterocycles. The van der Waals surface area contributed by atoms with Crippen LogP contribution in [0.1, 0.15) is 44.0 Å². The third-order valence-electron chi connectivity index (χ3n) is 3.15. The Labute approximate surface area is 141 Å². The lowest BCUT2D eigenvalue weighted by atomic mass is 10.1. The molecule has 0 aliphatic carbocycles. The quantitative estimate of drug-likeness (QED) is 0.675. The van der Waals surface area contributed by atoms with Crippen molar-refractivity contribution >= 4 is 44.1 Å². The largest absolute Gasteiger partial charge is 0.479 e. The first-order chi connectivity index (χ1) is 9.92. The average molecular weight is 421 g/mol. The van der Waals surface area contributed by atoms with Gasteiger partial charge in [0, 0.05) is 11.6 Å². The number of nitrogens with one attached hydrogen (secondary N) is 1. The minimum atomic E-state index is -0.625.